The Morgan fingerprint density at radius 2 is 2.04 bits per heavy atom. The molecule has 0 saturated carbocycles. The minimum atomic E-state index is -1.23. The number of nitrogens with one attached hydrogen (secondary N) is 2. The van der Waals surface area contributed by atoms with Crippen LogP contribution in [0.4, 0.5) is 0 Å². The molecule has 0 fully saturated rings. The number of likely N-dealkylation sites (N-methyl/N-ethyl adjacent to an activating group) is 1. The molecule has 0 radical (unpaired) electrons. The zero-order valence-electron chi connectivity index (χ0n) is 13.6. The molecular formula is C16H24N2O4S. The Balaban J connectivity index is 1.79. The van der Waals surface area contributed by atoms with E-state index in [1.165, 1.54) is 0 Å². The Morgan fingerprint density at radius 1 is 1.30 bits per heavy atom. The van der Waals surface area contributed by atoms with Crippen molar-refractivity contribution in [2.24, 2.45) is 0 Å². The zero-order valence-corrected chi connectivity index (χ0v) is 14.4. The molecule has 2 N–H and O–H groups in total. The second-order valence-corrected chi connectivity index (χ2v) is 6.94. The lowest BCUT2D eigenvalue weighted by atomic mass is 10.3. The predicted molar refractivity (Wildman–Crippen MR) is 89.5 cm³/mol. The van der Waals surface area contributed by atoms with Gasteiger partial charge in [-0.15, -0.1) is 0 Å². The number of fused-ring (bicyclic) bond motifs is 1. The zero-order chi connectivity index (χ0) is 16.7. The first kappa shape index (κ1) is 17.7. The maximum atomic E-state index is 12.3. The van der Waals surface area contributed by atoms with Gasteiger partial charge in [0.25, 0.3) is 0 Å². The summed E-state index contributed by atoms with van der Waals surface area (Å²) in [5.41, 5.74) is 0. The molecule has 128 valence electrons. The van der Waals surface area contributed by atoms with Crippen molar-refractivity contribution in [2.45, 2.75) is 31.2 Å². The normalized spacial score (nSPS) is 15.7. The van der Waals surface area contributed by atoms with Crippen molar-refractivity contribution < 1.29 is 18.5 Å². The van der Waals surface area contributed by atoms with E-state index in [0.29, 0.717) is 41.9 Å². The van der Waals surface area contributed by atoms with Gasteiger partial charge in [0.2, 0.25) is 5.91 Å². The van der Waals surface area contributed by atoms with Gasteiger partial charge in [0.15, 0.2) is 11.5 Å². The molecule has 2 atom stereocenters. The molecule has 7 heteroatoms. The van der Waals surface area contributed by atoms with E-state index < -0.39 is 10.8 Å². The molecule has 23 heavy (non-hydrogen) atoms. The summed E-state index contributed by atoms with van der Waals surface area (Å²) in [5, 5.41) is 6.06. The molecule has 0 aromatic heterocycles. The maximum Gasteiger partial charge on any atom is 0.220 e. The van der Waals surface area contributed by atoms with Gasteiger partial charge in [0.05, 0.1) is 10.8 Å². The van der Waals surface area contributed by atoms with Crippen LogP contribution >= 0.6 is 0 Å². The van der Waals surface area contributed by atoms with Crippen molar-refractivity contribution >= 4 is 16.7 Å². The minimum Gasteiger partial charge on any atom is -0.486 e. The van der Waals surface area contributed by atoms with Crippen LogP contribution < -0.4 is 20.1 Å². The van der Waals surface area contributed by atoms with Crippen LogP contribution in [0.5, 0.6) is 11.5 Å². The number of amides is 1. The van der Waals surface area contributed by atoms with Gasteiger partial charge < -0.3 is 20.1 Å². The highest BCUT2D eigenvalue weighted by atomic mass is 32.2. The standard InChI is InChI=1S/C16H24N2O4S/c1-3-17-12(2)11-18-16(19)6-9-23(20)13-4-5-14-15(10-13)22-8-7-21-14/h4-5,10,12,17H,3,6-9,11H2,1-2H3,(H,18,19)/t12-,23?/m1/s1. The number of hydrogen-bond acceptors (Lipinski definition) is 5. The number of hydrogen-bond donors (Lipinski definition) is 2. The molecule has 1 aliphatic rings. The van der Waals surface area contributed by atoms with Gasteiger partial charge in [-0.3, -0.25) is 9.00 Å². The van der Waals surface area contributed by atoms with Crippen LogP contribution in [0.25, 0.3) is 0 Å². The summed E-state index contributed by atoms with van der Waals surface area (Å²) in [6, 6.07) is 5.48. The van der Waals surface area contributed by atoms with Crippen molar-refractivity contribution in [1.29, 1.82) is 0 Å². The molecule has 1 aromatic rings. The fourth-order valence-corrected chi connectivity index (χ4v) is 3.31. The lowest BCUT2D eigenvalue weighted by Crippen LogP contribution is -2.39. The fraction of sp³-hybridized carbons (Fsp3) is 0.562. The molecule has 2 rings (SSSR count). The Morgan fingerprint density at radius 3 is 2.78 bits per heavy atom. The van der Waals surface area contributed by atoms with E-state index in [0.717, 1.165) is 6.54 Å². The summed E-state index contributed by atoms with van der Waals surface area (Å²) in [5.74, 6) is 1.50. The number of benzene rings is 1. The lowest BCUT2D eigenvalue weighted by molar-refractivity contribution is -0.120. The fourth-order valence-electron chi connectivity index (χ4n) is 2.24. The second-order valence-electron chi connectivity index (χ2n) is 5.37. The monoisotopic (exact) mass is 340 g/mol. The number of ether oxygens (including phenoxy) is 2. The van der Waals surface area contributed by atoms with Gasteiger partial charge in [-0.1, -0.05) is 6.92 Å². The molecule has 0 spiro atoms. The quantitative estimate of drug-likeness (QED) is 0.740. The average Bonchev–Trinajstić information content (AvgIpc) is 2.57. The van der Waals surface area contributed by atoms with Crippen molar-refractivity contribution in [2.75, 3.05) is 32.1 Å². The summed E-state index contributed by atoms with van der Waals surface area (Å²) in [4.78, 5) is 12.5. The van der Waals surface area contributed by atoms with Crippen molar-refractivity contribution in [1.82, 2.24) is 10.6 Å². The molecule has 0 saturated heterocycles. The van der Waals surface area contributed by atoms with Crippen LogP contribution in [0, 0.1) is 0 Å². The van der Waals surface area contributed by atoms with Crippen molar-refractivity contribution in [3.8, 4) is 11.5 Å². The molecular weight excluding hydrogens is 316 g/mol. The number of carbonyl (C=O) groups is 1. The number of carbonyl (C=O) groups excluding carboxylic acids is 1. The van der Waals surface area contributed by atoms with Crippen LogP contribution in [0.1, 0.15) is 20.3 Å². The molecule has 1 aliphatic heterocycles. The van der Waals surface area contributed by atoms with Gasteiger partial charge in [0.1, 0.15) is 13.2 Å². The maximum absolute atomic E-state index is 12.3. The summed E-state index contributed by atoms with van der Waals surface area (Å²) < 4.78 is 23.2. The summed E-state index contributed by atoms with van der Waals surface area (Å²) in [6.07, 6.45) is 0.236. The highest BCUT2D eigenvalue weighted by Gasteiger charge is 2.15. The Bertz CT molecular complexity index is 565. The lowest BCUT2D eigenvalue weighted by Gasteiger charge is -2.18. The summed E-state index contributed by atoms with van der Waals surface area (Å²) >= 11 is 0. The van der Waals surface area contributed by atoms with E-state index >= 15 is 0 Å². The van der Waals surface area contributed by atoms with E-state index in [2.05, 4.69) is 10.6 Å². The first-order chi connectivity index (χ1) is 11.1. The predicted octanol–water partition coefficient (Wildman–Crippen LogP) is 1.07. The summed E-state index contributed by atoms with van der Waals surface area (Å²) in [7, 11) is -1.23. The van der Waals surface area contributed by atoms with Gasteiger partial charge >= 0.3 is 0 Å². The third kappa shape index (κ3) is 5.51. The van der Waals surface area contributed by atoms with Crippen LogP contribution in [0.3, 0.4) is 0 Å². The Labute approximate surface area is 139 Å². The Kier molecular flexibility index (Phi) is 6.85. The van der Waals surface area contributed by atoms with E-state index in [-0.39, 0.29) is 18.4 Å². The van der Waals surface area contributed by atoms with E-state index in [1.807, 2.05) is 13.8 Å². The largest absolute Gasteiger partial charge is 0.486 e. The highest BCUT2D eigenvalue weighted by molar-refractivity contribution is 7.85. The number of rotatable bonds is 8. The highest BCUT2D eigenvalue weighted by Crippen LogP contribution is 2.31. The van der Waals surface area contributed by atoms with Gasteiger partial charge in [-0.25, -0.2) is 0 Å². The van der Waals surface area contributed by atoms with Crippen LogP contribution in [0.15, 0.2) is 23.1 Å². The van der Waals surface area contributed by atoms with Crippen molar-refractivity contribution in [3.63, 3.8) is 0 Å². The Hall–Kier alpha value is -1.60. The van der Waals surface area contributed by atoms with E-state index in [9.17, 15) is 9.00 Å². The van der Waals surface area contributed by atoms with Crippen LogP contribution in [-0.2, 0) is 15.6 Å². The smallest absolute Gasteiger partial charge is 0.220 e. The summed E-state index contributed by atoms with van der Waals surface area (Å²) in [6.45, 7) is 6.50. The van der Waals surface area contributed by atoms with E-state index in [4.69, 9.17) is 9.47 Å². The van der Waals surface area contributed by atoms with Gasteiger partial charge in [-0.05, 0) is 25.6 Å². The SMILES string of the molecule is CCN[C@H](C)CNC(=O)CCS(=O)c1ccc2c(c1)OCCO2. The van der Waals surface area contributed by atoms with E-state index in [1.54, 1.807) is 18.2 Å². The van der Waals surface area contributed by atoms with Crippen LogP contribution in [-0.4, -0.2) is 48.2 Å². The molecule has 1 unspecified atom stereocenters. The third-order valence-corrected chi connectivity index (χ3v) is 4.80. The van der Waals surface area contributed by atoms with Crippen molar-refractivity contribution in [3.05, 3.63) is 18.2 Å². The first-order valence-electron chi connectivity index (χ1n) is 7.88. The molecule has 1 heterocycles. The molecule has 0 bridgehead atoms. The molecule has 0 aliphatic carbocycles. The topological polar surface area (TPSA) is 76.7 Å². The van der Waals surface area contributed by atoms with Crippen LogP contribution in [0.2, 0.25) is 0 Å². The second kappa shape index (κ2) is 8.88. The average molecular weight is 340 g/mol. The molecule has 1 amide bonds. The first-order valence-corrected chi connectivity index (χ1v) is 9.20. The third-order valence-electron chi connectivity index (χ3n) is 3.45. The minimum absolute atomic E-state index is 0.0827. The molecule has 6 nitrogen and oxygen atoms in total. The van der Waals surface area contributed by atoms with Gasteiger partial charge in [0, 0.05) is 35.7 Å². The van der Waals surface area contributed by atoms with Gasteiger partial charge in [-0.2, -0.15) is 0 Å². The molecule has 1 aromatic carbocycles.